The summed E-state index contributed by atoms with van der Waals surface area (Å²) in [5.41, 5.74) is 1.63. The molecule has 3 amide bonds. The van der Waals surface area contributed by atoms with Crippen LogP contribution in [0.25, 0.3) is 10.9 Å². The maximum Gasteiger partial charge on any atom is 0.339 e. The summed E-state index contributed by atoms with van der Waals surface area (Å²) in [6.07, 6.45) is 2.26. The van der Waals surface area contributed by atoms with Gasteiger partial charge in [0, 0.05) is 39.4 Å². The number of imide groups is 1. The number of hydrogen-bond donors (Lipinski definition) is 3. The number of carbonyl (C=O) groups excluding carboxylic acids is 4. The summed E-state index contributed by atoms with van der Waals surface area (Å²) in [4.78, 5) is 59.3. The van der Waals surface area contributed by atoms with Crippen molar-refractivity contribution in [2.45, 2.75) is 18.0 Å². The molecule has 40 heavy (non-hydrogen) atoms. The third kappa shape index (κ3) is 3.25. The molecule has 4 unspecified atom stereocenters. The minimum atomic E-state index is -1.52. The lowest BCUT2D eigenvalue weighted by atomic mass is 9.76. The number of ether oxygens (including phenoxy) is 1. The number of anilines is 2. The number of nitrogens with zero attached hydrogens (tertiary/aromatic N) is 1. The van der Waals surface area contributed by atoms with Crippen LogP contribution in [0, 0.1) is 11.8 Å². The van der Waals surface area contributed by atoms with Gasteiger partial charge in [0.2, 0.25) is 17.7 Å². The molecule has 3 aliphatic rings. The van der Waals surface area contributed by atoms with Crippen LogP contribution in [0.2, 0.25) is 5.02 Å². The Kier molecular flexibility index (Phi) is 5.39. The number of rotatable bonds is 4. The molecule has 2 saturated heterocycles. The number of fused-ring (bicyclic) bond motifs is 5. The van der Waals surface area contributed by atoms with Gasteiger partial charge in [0.1, 0.15) is 5.54 Å². The highest BCUT2D eigenvalue weighted by atomic mass is 35.5. The predicted molar refractivity (Wildman–Crippen MR) is 148 cm³/mol. The van der Waals surface area contributed by atoms with Crippen LogP contribution in [0.15, 0.2) is 72.9 Å². The highest BCUT2D eigenvalue weighted by molar-refractivity contribution is 6.31. The number of H-pyrrole nitrogens is 1. The molecule has 3 aliphatic heterocycles. The van der Waals surface area contributed by atoms with Gasteiger partial charge in [-0.2, -0.15) is 0 Å². The first-order valence-corrected chi connectivity index (χ1v) is 13.2. The number of methoxy groups -OCH3 is 1. The Bertz CT molecular complexity index is 1770. The molecule has 0 radical (unpaired) electrons. The van der Waals surface area contributed by atoms with E-state index in [9.17, 15) is 19.2 Å². The summed E-state index contributed by atoms with van der Waals surface area (Å²) in [5.74, 6) is -4.10. The van der Waals surface area contributed by atoms with Gasteiger partial charge in [-0.15, -0.1) is 0 Å². The molecule has 3 N–H and O–H groups in total. The van der Waals surface area contributed by atoms with Crippen LogP contribution in [0.4, 0.5) is 11.4 Å². The van der Waals surface area contributed by atoms with E-state index in [0.29, 0.717) is 22.7 Å². The van der Waals surface area contributed by atoms with Gasteiger partial charge in [0.25, 0.3) is 0 Å². The molecule has 1 spiro atoms. The van der Waals surface area contributed by atoms with Crippen molar-refractivity contribution in [1.82, 2.24) is 10.3 Å². The fraction of sp³-hybridized carbons (Fsp3) is 0.200. The topological polar surface area (TPSA) is 121 Å². The lowest BCUT2D eigenvalue weighted by molar-refractivity contribution is -0.130. The number of aromatic amines is 1. The first-order valence-electron chi connectivity index (χ1n) is 12.8. The average molecular weight is 555 g/mol. The Hall–Kier alpha value is -4.47. The van der Waals surface area contributed by atoms with E-state index in [4.69, 9.17) is 16.3 Å². The first kappa shape index (κ1) is 24.6. The van der Waals surface area contributed by atoms with Crippen LogP contribution < -0.4 is 15.5 Å². The van der Waals surface area contributed by atoms with Gasteiger partial charge >= 0.3 is 5.97 Å². The number of amides is 3. The third-order valence-corrected chi connectivity index (χ3v) is 8.58. The molecule has 200 valence electrons. The van der Waals surface area contributed by atoms with Crippen molar-refractivity contribution in [2.75, 3.05) is 17.3 Å². The largest absolute Gasteiger partial charge is 0.465 e. The molecule has 9 nitrogen and oxygen atoms in total. The Balaban J connectivity index is 1.40. The normalized spacial score (nSPS) is 25.0. The molecule has 1 aromatic heterocycles. The van der Waals surface area contributed by atoms with Crippen molar-refractivity contribution >= 4 is 57.6 Å². The summed E-state index contributed by atoms with van der Waals surface area (Å²) in [6.45, 7) is 0. The van der Waals surface area contributed by atoms with Crippen molar-refractivity contribution in [3.05, 3.63) is 94.6 Å². The molecule has 4 heterocycles. The second-order valence-corrected chi connectivity index (χ2v) is 10.7. The smallest absolute Gasteiger partial charge is 0.339 e. The lowest BCUT2D eigenvalue weighted by Gasteiger charge is -2.30. The van der Waals surface area contributed by atoms with Crippen LogP contribution in [0.1, 0.15) is 21.5 Å². The second-order valence-electron chi connectivity index (χ2n) is 10.3. The molecule has 0 aliphatic carbocycles. The van der Waals surface area contributed by atoms with Gasteiger partial charge in [0.15, 0.2) is 0 Å². The predicted octanol–water partition coefficient (Wildman–Crippen LogP) is 3.78. The molecule has 10 heteroatoms. The zero-order chi connectivity index (χ0) is 27.8. The van der Waals surface area contributed by atoms with E-state index in [-0.39, 0.29) is 11.3 Å². The van der Waals surface area contributed by atoms with Crippen LogP contribution in [-0.4, -0.2) is 41.8 Å². The highest BCUT2D eigenvalue weighted by Crippen LogP contribution is 2.54. The Labute approximate surface area is 233 Å². The standard InChI is InChI=1S/C30H23ClN4O5/c1-40-28(38)18-7-3-5-9-23(18)35-26(36)24-22(12-15-14-32-20-8-4-2-6-17(15)20)34-30(25(24)27(35)37)19-13-16(31)10-11-21(19)33-29(30)39/h2-11,13-14,22,24-25,32,34H,12H2,1H3,(H,33,39). The number of aromatic nitrogens is 1. The Morgan fingerprint density at radius 2 is 1.80 bits per heavy atom. The third-order valence-electron chi connectivity index (χ3n) is 8.34. The molecule has 4 aromatic rings. The molecular formula is C30H23ClN4O5. The van der Waals surface area contributed by atoms with Crippen molar-refractivity contribution < 1.29 is 23.9 Å². The van der Waals surface area contributed by atoms with Crippen molar-refractivity contribution in [1.29, 1.82) is 0 Å². The number of carbonyl (C=O) groups is 4. The number of benzene rings is 3. The Morgan fingerprint density at radius 3 is 2.62 bits per heavy atom. The van der Waals surface area contributed by atoms with Gasteiger partial charge in [-0.05, 0) is 48.4 Å². The zero-order valence-corrected chi connectivity index (χ0v) is 22.0. The van der Waals surface area contributed by atoms with Crippen LogP contribution in [0.3, 0.4) is 0 Å². The van der Waals surface area contributed by atoms with E-state index in [1.54, 1.807) is 30.3 Å². The van der Waals surface area contributed by atoms with Crippen molar-refractivity contribution in [3.8, 4) is 0 Å². The van der Waals surface area contributed by atoms with E-state index in [2.05, 4.69) is 15.6 Å². The molecule has 7 rings (SSSR count). The number of nitrogens with one attached hydrogen (secondary N) is 3. The highest BCUT2D eigenvalue weighted by Gasteiger charge is 2.70. The minimum Gasteiger partial charge on any atom is -0.465 e. The van der Waals surface area contributed by atoms with Crippen LogP contribution in [-0.2, 0) is 31.1 Å². The summed E-state index contributed by atoms with van der Waals surface area (Å²) in [5, 5.41) is 7.72. The molecule has 4 atom stereocenters. The van der Waals surface area contributed by atoms with Gasteiger partial charge in [-0.25, -0.2) is 9.69 Å². The van der Waals surface area contributed by atoms with Crippen LogP contribution >= 0.6 is 11.6 Å². The average Bonchev–Trinajstić information content (AvgIpc) is 3.67. The summed E-state index contributed by atoms with van der Waals surface area (Å²) in [7, 11) is 1.24. The van der Waals surface area contributed by atoms with E-state index >= 15 is 0 Å². The molecule has 0 bridgehead atoms. The lowest BCUT2D eigenvalue weighted by Crippen LogP contribution is -2.53. The quantitative estimate of drug-likeness (QED) is 0.261. The fourth-order valence-corrected chi connectivity index (χ4v) is 6.85. The minimum absolute atomic E-state index is 0.0844. The molecule has 3 aromatic carbocycles. The number of halogens is 1. The molecule has 0 saturated carbocycles. The maximum atomic E-state index is 14.3. The zero-order valence-electron chi connectivity index (χ0n) is 21.2. The van der Waals surface area contributed by atoms with E-state index in [1.807, 2.05) is 30.5 Å². The summed E-state index contributed by atoms with van der Waals surface area (Å²) in [6, 6.07) is 18.6. The summed E-state index contributed by atoms with van der Waals surface area (Å²) >= 11 is 6.37. The van der Waals surface area contributed by atoms with Gasteiger partial charge in [0.05, 0.1) is 30.2 Å². The molecule has 2 fully saturated rings. The maximum absolute atomic E-state index is 14.3. The summed E-state index contributed by atoms with van der Waals surface area (Å²) < 4.78 is 4.92. The molecular weight excluding hydrogens is 532 g/mol. The van der Waals surface area contributed by atoms with Gasteiger partial charge in [-0.3, -0.25) is 19.7 Å². The van der Waals surface area contributed by atoms with Crippen molar-refractivity contribution in [3.63, 3.8) is 0 Å². The fourth-order valence-electron chi connectivity index (χ4n) is 6.67. The number of para-hydroxylation sites is 2. The van der Waals surface area contributed by atoms with E-state index in [1.165, 1.54) is 19.2 Å². The van der Waals surface area contributed by atoms with Crippen molar-refractivity contribution in [2.24, 2.45) is 11.8 Å². The van der Waals surface area contributed by atoms with Crippen LogP contribution in [0.5, 0.6) is 0 Å². The SMILES string of the molecule is COC(=O)c1ccccc1N1C(=O)C2C(Cc3c[nH]c4ccccc34)NC3(C(=O)Nc4ccc(Cl)cc43)C2C1=O. The number of hydrogen-bond acceptors (Lipinski definition) is 6. The Morgan fingerprint density at radius 1 is 1.02 bits per heavy atom. The second kappa shape index (κ2) is 8.77. The van der Waals surface area contributed by atoms with Gasteiger partial charge < -0.3 is 15.0 Å². The van der Waals surface area contributed by atoms with E-state index in [0.717, 1.165) is 21.4 Å². The number of esters is 1. The van der Waals surface area contributed by atoms with E-state index < -0.39 is 47.1 Å². The van der Waals surface area contributed by atoms with Gasteiger partial charge in [-0.1, -0.05) is 41.9 Å². The first-order chi connectivity index (χ1) is 19.3. The monoisotopic (exact) mass is 554 g/mol.